The van der Waals surface area contributed by atoms with Gasteiger partial charge in [0.15, 0.2) is 11.5 Å². The quantitative estimate of drug-likeness (QED) is 0.614. The third kappa shape index (κ3) is 4.69. The maximum Gasteiger partial charge on any atom is 0.276 e. The number of fused-ring (bicyclic) bond motifs is 1. The number of nitrogens with zero attached hydrogens (tertiary/aromatic N) is 2. The first-order valence-corrected chi connectivity index (χ1v) is 11.2. The molecule has 1 aliphatic carbocycles. The first-order chi connectivity index (χ1) is 16.1. The Kier molecular flexibility index (Phi) is 5.73. The standard InChI is InChI=1S/C25H25N3O5/c29-23-12-10-20(27-28(23)15-16-31-19-7-3-1-4-8-19)24(30)26-18-9-11-21-22(17-18)33-25(32-21)13-5-2-6-14-25/h1,3-4,7-12,17H,2,5-6,13-16H2,(H,26,30). The molecule has 1 spiro atoms. The molecule has 1 aliphatic heterocycles. The number of para-hydroxylation sites is 1. The van der Waals surface area contributed by atoms with Crippen molar-refractivity contribution in [3.63, 3.8) is 0 Å². The molecular formula is C25H25N3O5. The van der Waals surface area contributed by atoms with Gasteiger partial charge in [-0.1, -0.05) is 24.6 Å². The summed E-state index contributed by atoms with van der Waals surface area (Å²) in [6.45, 7) is 0.479. The Morgan fingerprint density at radius 3 is 2.61 bits per heavy atom. The van der Waals surface area contributed by atoms with Crippen LogP contribution in [0.25, 0.3) is 0 Å². The smallest absolute Gasteiger partial charge is 0.276 e. The van der Waals surface area contributed by atoms with Gasteiger partial charge in [-0.05, 0) is 43.2 Å². The van der Waals surface area contributed by atoms with Crippen LogP contribution in [0.15, 0.2) is 65.5 Å². The van der Waals surface area contributed by atoms with E-state index in [-0.39, 0.29) is 24.4 Å². The average molecular weight is 447 g/mol. The van der Waals surface area contributed by atoms with Gasteiger partial charge in [-0.2, -0.15) is 5.10 Å². The zero-order chi connectivity index (χ0) is 22.7. The number of benzene rings is 2. The van der Waals surface area contributed by atoms with Crippen molar-refractivity contribution in [2.45, 2.75) is 44.4 Å². The average Bonchev–Trinajstić information content (AvgIpc) is 3.17. The van der Waals surface area contributed by atoms with Gasteiger partial charge in [0.1, 0.15) is 18.1 Å². The number of anilines is 1. The Labute approximate surface area is 191 Å². The molecule has 0 radical (unpaired) electrons. The summed E-state index contributed by atoms with van der Waals surface area (Å²) in [7, 11) is 0. The van der Waals surface area contributed by atoms with Crippen LogP contribution in [0.3, 0.4) is 0 Å². The van der Waals surface area contributed by atoms with E-state index in [2.05, 4.69) is 10.4 Å². The van der Waals surface area contributed by atoms with Crippen molar-refractivity contribution >= 4 is 11.6 Å². The summed E-state index contributed by atoms with van der Waals surface area (Å²) in [6.07, 6.45) is 5.08. The zero-order valence-corrected chi connectivity index (χ0v) is 18.2. The van der Waals surface area contributed by atoms with Gasteiger partial charge in [0.2, 0.25) is 0 Å². The summed E-state index contributed by atoms with van der Waals surface area (Å²) in [5, 5.41) is 7.02. The van der Waals surface area contributed by atoms with Crippen molar-refractivity contribution in [1.29, 1.82) is 0 Å². The summed E-state index contributed by atoms with van der Waals surface area (Å²) in [5.74, 6) is 1.05. The first kappa shape index (κ1) is 21.1. The normalized spacial score (nSPS) is 15.9. The number of carbonyl (C=O) groups excluding carboxylic acids is 1. The predicted octanol–water partition coefficient (Wildman–Crippen LogP) is 4.01. The Morgan fingerprint density at radius 2 is 1.79 bits per heavy atom. The van der Waals surface area contributed by atoms with Crippen LogP contribution in [0.5, 0.6) is 17.2 Å². The maximum atomic E-state index is 12.8. The van der Waals surface area contributed by atoms with Crippen molar-refractivity contribution in [1.82, 2.24) is 9.78 Å². The SMILES string of the molecule is O=C(Nc1ccc2c(c1)OC1(CCCCC1)O2)c1ccc(=O)n(CCOc2ccccc2)n1. The maximum absolute atomic E-state index is 12.8. The summed E-state index contributed by atoms with van der Waals surface area (Å²) < 4.78 is 19.1. The second kappa shape index (κ2) is 8.97. The van der Waals surface area contributed by atoms with Gasteiger partial charge < -0.3 is 19.5 Å². The molecule has 1 saturated carbocycles. The van der Waals surface area contributed by atoms with Crippen molar-refractivity contribution in [3.8, 4) is 17.2 Å². The molecule has 8 heteroatoms. The number of amides is 1. The molecule has 2 heterocycles. The Bertz CT molecular complexity index is 1200. The molecule has 0 atom stereocenters. The monoisotopic (exact) mass is 447 g/mol. The Morgan fingerprint density at radius 1 is 1.00 bits per heavy atom. The molecule has 0 saturated heterocycles. The van der Waals surface area contributed by atoms with Crippen LogP contribution >= 0.6 is 0 Å². The highest BCUT2D eigenvalue weighted by molar-refractivity contribution is 6.02. The minimum Gasteiger partial charge on any atom is -0.492 e. The lowest BCUT2D eigenvalue weighted by atomic mass is 9.94. The van der Waals surface area contributed by atoms with Gasteiger partial charge >= 0.3 is 0 Å². The fourth-order valence-electron chi connectivity index (χ4n) is 4.16. The van der Waals surface area contributed by atoms with E-state index < -0.39 is 11.7 Å². The van der Waals surface area contributed by atoms with Gasteiger partial charge in [0, 0.05) is 30.7 Å². The van der Waals surface area contributed by atoms with E-state index in [1.165, 1.54) is 23.2 Å². The molecule has 1 aromatic heterocycles. The van der Waals surface area contributed by atoms with Crippen LogP contribution in [-0.2, 0) is 6.54 Å². The Hall–Kier alpha value is -3.81. The minimum absolute atomic E-state index is 0.135. The lowest BCUT2D eigenvalue weighted by Crippen LogP contribution is -2.40. The van der Waals surface area contributed by atoms with E-state index in [9.17, 15) is 9.59 Å². The summed E-state index contributed by atoms with van der Waals surface area (Å²) in [6, 6.07) is 17.4. The van der Waals surface area contributed by atoms with Crippen LogP contribution in [0.1, 0.15) is 42.6 Å². The van der Waals surface area contributed by atoms with E-state index >= 15 is 0 Å². The van der Waals surface area contributed by atoms with Crippen LogP contribution in [0.2, 0.25) is 0 Å². The number of aromatic nitrogens is 2. The largest absolute Gasteiger partial charge is 0.492 e. The molecule has 1 fully saturated rings. The van der Waals surface area contributed by atoms with Crippen molar-refractivity contribution in [2.24, 2.45) is 0 Å². The highest BCUT2D eigenvalue weighted by Gasteiger charge is 2.42. The molecule has 8 nitrogen and oxygen atoms in total. The fraction of sp³-hybridized carbons (Fsp3) is 0.320. The van der Waals surface area contributed by atoms with Crippen LogP contribution < -0.4 is 25.1 Å². The molecule has 2 aromatic carbocycles. The second-order valence-electron chi connectivity index (χ2n) is 8.23. The molecule has 0 bridgehead atoms. The minimum atomic E-state index is -0.567. The van der Waals surface area contributed by atoms with E-state index in [1.54, 1.807) is 12.1 Å². The van der Waals surface area contributed by atoms with Crippen LogP contribution in [-0.4, -0.2) is 28.1 Å². The summed E-state index contributed by atoms with van der Waals surface area (Å²) in [5.41, 5.74) is 0.405. The van der Waals surface area contributed by atoms with E-state index in [4.69, 9.17) is 14.2 Å². The number of hydrogen-bond donors (Lipinski definition) is 1. The van der Waals surface area contributed by atoms with Crippen molar-refractivity contribution in [2.75, 3.05) is 11.9 Å². The molecule has 170 valence electrons. The highest BCUT2D eigenvalue weighted by Crippen LogP contribution is 2.46. The number of nitrogens with one attached hydrogen (secondary N) is 1. The molecule has 2 aliphatic rings. The van der Waals surface area contributed by atoms with Gasteiger partial charge in [-0.3, -0.25) is 9.59 Å². The van der Waals surface area contributed by atoms with Gasteiger partial charge in [0.05, 0.1) is 6.54 Å². The van der Waals surface area contributed by atoms with Crippen LogP contribution in [0.4, 0.5) is 5.69 Å². The van der Waals surface area contributed by atoms with Gasteiger partial charge in [0.25, 0.3) is 17.3 Å². The van der Waals surface area contributed by atoms with Gasteiger partial charge in [-0.25, -0.2) is 4.68 Å². The third-order valence-corrected chi connectivity index (χ3v) is 5.82. The molecular weight excluding hydrogens is 422 g/mol. The topological polar surface area (TPSA) is 91.7 Å². The predicted molar refractivity (Wildman–Crippen MR) is 122 cm³/mol. The van der Waals surface area contributed by atoms with E-state index in [0.29, 0.717) is 22.9 Å². The number of ether oxygens (including phenoxy) is 3. The summed E-state index contributed by atoms with van der Waals surface area (Å²) >= 11 is 0. The molecule has 33 heavy (non-hydrogen) atoms. The molecule has 1 amide bonds. The lowest BCUT2D eigenvalue weighted by molar-refractivity contribution is -0.105. The van der Waals surface area contributed by atoms with Crippen molar-refractivity contribution in [3.05, 3.63) is 76.7 Å². The first-order valence-electron chi connectivity index (χ1n) is 11.2. The lowest BCUT2D eigenvalue weighted by Gasteiger charge is -2.31. The number of rotatable bonds is 6. The fourth-order valence-corrected chi connectivity index (χ4v) is 4.16. The summed E-state index contributed by atoms with van der Waals surface area (Å²) in [4.78, 5) is 24.9. The van der Waals surface area contributed by atoms with E-state index in [1.807, 2.05) is 36.4 Å². The number of carbonyl (C=O) groups is 1. The highest BCUT2D eigenvalue weighted by atomic mass is 16.7. The molecule has 1 N–H and O–H groups in total. The Balaban J connectivity index is 1.24. The molecule has 0 unspecified atom stereocenters. The molecule has 3 aromatic rings. The second-order valence-corrected chi connectivity index (χ2v) is 8.23. The molecule has 5 rings (SSSR count). The zero-order valence-electron chi connectivity index (χ0n) is 18.2. The third-order valence-electron chi connectivity index (χ3n) is 5.82. The van der Waals surface area contributed by atoms with E-state index in [0.717, 1.165) is 25.7 Å². The number of hydrogen-bond acceptors (Lipinski definition) is 6. The van der Waals surface area contributed by atoms with Gasteiger partial charge in [-0.15, -0.1) is 0 Å². The van der Waals surface area contributed by atoms with Crippen LogP contribution in [0, 0.1) is 0 Å². The van der Waals surface area contributed by atoms with Crippen molar-refractivity contribution < 1.29 is 19.0 Å².